The Bertz CT molecular complexity index is 573. The van der Waals surface area contributed by atoms with Crippen molar-refractivity contribution in [1.82, 2.24) is 0 Å². The van der Waals surface area contributed by atoms with E-state index in [4.69, 9.17) is 14.2 Å². The normalized spacial score (nSPS) is 25.4. The molecule has 1 unspecified atom stereocenters. The van der Waals surface area contributed by atoms with E-state index in [1.165, 1.54) is 13.8 Å². The zero-order valence-corrected chi connectivity index (χ0v) is 13.9. The van der Waals surface area contributed by atoms with Crippen LogP contribution in [-0.4, -0.2) is 40.4 Å². The third-order valence-electron chi connectivity index (χ3n) is 3.41. The maximum absolute atomic E-state index is 12.6. The second-order valence-electron chi connectivity index (χ2n) is 5.24. The quantitative estimate of drug-likeness (QED) is 0.761. The highest BCUT2D eigenvalue weighted by Crippen LogP contribution is 2.27. The molecule has 0 aromatic heterocycles. The van der Waals surface area contributed by atoms with Crippen LogP contribution >= 0.6 is 0 Å². The van der Waals surface area contributed by atoms with Crippen molar-refractivity contribution in [3.63, 3.8) is 0 Å². The molecule has 0 spiro atoms. The molecule has 0 radical (unpaired) electrons. The maximum atomic E-state index is 12.6. The van der Waals surface area contributed by atoms with Crippen molar-refractivity contribution in [2.24, 2.45) is 0 Å². The van der Waals surface area contributed by atoms with Crippen LogP contribution in [0.5, 0.6) is 0 Å². The number of esters is 2. The lowest BCUT2D eigenvalue weighted by Crippen LogP contribution is -2.45. The summed E-state index contributed by atoms with van der Waals surface area (Å²) >= 11 is 0. The molecule has 0 amide bonds. The van der Waals surface area contributed by atoms with Crippen LogP contribution in [0.1, 0.15) is 26.7 Å². The average Bonchev–Trinajstić information content (AvgIpc) is 2.53. The van der Waals surface area contributed by atoms with Crippen molar-refractivity contribution >= 4 is 22.7 Å². The van der Waals surface area contributed by atoms with E-state index in [9.17, 15) is 13.8 Å². The van der Waals surface area contributed by atoms with Crippen molar-refractivity contribution in [2.45, 2.75) is 49.2 Å². The second kappa shape index (κ2) is 8.21. The standard InChI is InChI=1S/C16H20O6S/c1-11(17)20-10-15-14(21-12(2)18)8-9-16(22-15)23(19)13-6-4-3-5-7-13/h3-7,14-16H,8-10H2,1-2H3/t14-,15+,16-,23?/m1/s1. The molecule has 7 heteroatoms. The molecule has 0 saturated carbocycles. The van der Waals surface area contributed by atoms with Gasteiger partial charge in [-0.05, 0) is 25.0 Å². The molecule has 1 aliphatic rings. The molecular formula is C16H20O6S. The summed E-state index contributed by atoms with van der Waals surface area (Å²) in [5, 5.41) is 0. The molecule has 1 fully saturated rings. The van der Waals surface area contributed by atoms with E-state index in [1.54, 1.807) is 12.1 Å². The minimum Gasteiger partial charge on any atom is -0.463 e. The third kappa shape index (κ3) is 5.14. The van der Waals surface area contributed by atoms with E-state index in [0.717, 1.165) is 0 Å². The molecule has 1 aliphatic heterocycles. The molecule has 126 valence electrons. The fourth-order valence-corrected chi connectivity index (χ4v) is 3.72. The lowest BCUT2D eigenvalue weighted by Gasteiger charge is -2.35. The molecule has 0 N–H and O–H groups in total. The third-order valence-corrected chi connectivity index (χ3v) is 4.97. The number of hydrogen-bond acceptors (Lipinski definition) is 6. The number of hydrogen-bond donors (Lipinski definition) is 0. The summed E-state index contributed by atoms with van der Waals surface area (Å²) in [6.45, 7) is 2.58. The van der Waals surface area contributed by atoms with E-state index < -0.39 is 40.4 Å². The fourth-order valence-electron chi connectivity index (χ4n) is 2.39. The smallest absolute Gasteiger partial charge is 0.302 e. The van der Waals surface area contributed by atoms with Gasteiger partial charge in [0.1, 0.15) is 24.3 Å². The van der Waals surface area contributed by atoms with Gasteiger partial charge in [-0.15, -0.1) is 0 Å². The zero-order valence-electron chi connectivity index (χ0n) is 13.1. The van der Waals surface area contributed by atoms with E-state index in [2.05, 4.69) is 0 Å². The predicted octanol–water partition coefficient (Wildman–Crippen LogP) is 1.79. The number of benzene rings is 1. The van der Waals surface area contributed by atoms with Crippen LogP contribution in [-0.2, 0) is 34.6 Å². The number of carbonyl (C=O) groups excluding carboxylic acids is 2. The van der Waals surface area contributed by atoms with E-state index in [0.29, 0.717) is 17.7 Å². The molecule has 0 aliphatic carbocycles. The largest absolute Gasteiger partial charge is 0.463 e. The number of carbonyl (C=O) groups is 2. The zero-order chi connectivity index (χ0) is 16.8. The highest BCUT2D eigenvalue weighted by Gasteiger charge is 2.37. The Kier molecular flexibility index (Phi) is 6.29. The van der Waals surface area contributed by atoms with Gasteiger partial charge in [0.2, 0.25) is 0 Å². The van der Waals surface area contributed by atoms with Gasteiger partial charge in [-0.3, -0.25) is 13.8 Å². The van der Waals surface area contributed by atoms with E-state index >= 15 is 0 Å². The second-order valence-corrected chi connectivity index (χ2v) is 6.83. The van der Waals surface area contributed by atoms with Crippen LogP contribution in [0.2, 0.25) is 0 Å². The SMILES string of the molecule is CC(=O)OC[C@@H]1O[C@H](S(=O)c2ccccc2)CC[C@H]1OC(C)=O. The van der Waals surface area contributed by atoms with E-state index in [-0.39, 0.29) is 6.61 Å². The Morgan fingerprint density at radius 3 is 2.48 bits per heavy atom. The van der Waals surface area contributed by atoms with Crippen molar-refractivity contribution in [3.8, 4) is 0 Å². The Morgan fingerprint density at radius 2 is 1.87 bits per heavy atom. The lowest BCUT2D eigenvalue weighted by atomic mass is 10.1. The topological polar surface area (TPSA) is 78.9 Å². The Labute approximate surface area is 137 Å². The van der Waals surface area contributed by atoms with Gasteiger partial charge in [0.15, 0.2) is 0 Å². The minimum atomic E-state index is -1.34. The first-order valence-electron chi connectivity index (χ1n) is 7.39. The first kappa shape index (κ1) is 17.6. The molecule has 6 nitrogen and oxygen atoms in total. The van der Waals surface area contributed by atoms with Gasteiger partial charge < -0.3 is 14.2 Å². The van der Waals surface area contributed by atoms with Gasteiger partial charge in [-0.1, -0.05) is 18.2 Å². The summed E-state index contributed by atoms with van der Waals surface area (Å²) in [5.74, 6) is -0.865. The molecule has 4 atom stereocenters. The molecular weight excluding hydrogens is 320 g/mol. The molecule has 1 saturated heterocycles. The Balaban J connectivity index is 2.06. The first-order chi connectivity index (χ1) is 11.0. The van der Waals surface area contributed by atoms with Crippen LogP contribution in [0.25, 0.3) is 0 Å². The summed E-state index contributed by atoms with van der Waals surface area (Å²) in [7, 11) is -1.34. The number of ether oxygens (including phenoxy) is 3. The predicted molar refractivity (Wildman–Crippen MR) is 82.9 cm³/mol. The molecule has 1 heterocycles. The fraction of sp³-hybridized carbons (Fsp3) is 0.500. The molecule has 2 rings (SSSR count). The van der Waals surface area contributed by atoms with Gasteiger partial charge in [-0.25, -0.2) is 0 Å². The Morgan fingerprint density at radius 1 is 1.17 bits per heavy atom. The van der Waals surface area contributed by atoms with E-state index in [1.807, 2.05) is 18.2 Å². The molecule has 1 aromatic carbocycles. The van der Waals surface area contributed by atoms with Gasteiger partial charge in [0.05, 0.1) is 10.8 Å². The van der Waals surface area contributed by atoms with Crippen LogP contribution in [0.3, 0.4) is 0 Å². The van der Waals surface area contributed by atoms with Crippen molar-refractivity contribution in [3.05, 3.63) is 30.3 Å². The summed E-state index contributed by atoms with van der Waals surface area (Å²) < 4.78 is 28.6. The van der Waals surface area contributed by atoms with Crippen molar-refractivity contribution in [2.75, 3.05) is 6.61 Å². The first-order valence-corrected chi connectivity index (χ1v) is 8.60. The number of rotatable bonds is 5. The van der Waals surface area contributed by atoms with Gasteiger partial charge in [0, 0.05) is 18.7 Å². The molecule has 23 heavy (non-hydrogen) atoms. The van der Waals surface area contributed by atoms with Crippen LogP contribution in [0.4, 0.5) is 0 Å². The highest BCUT2D eigenvalue weighted by molar-refractivity contribution is 7.85. The molecule has 1 aromatic rings. The van der Waals surface area contributed by atoms with Gasteiger partial charge in [-0.2, -0.15) is 0 Å². The highest BCUT2D eigenvalue weighted by atomic mass is 32.2. The summed E-state index contributed by atoms with van der Waals surface area (Å²) in [5.41, 5.74) is -0.523. The maximum Gasteiger partial charge on any atom is 0.302 e. The average molecular weight is 340 g/mol. The van der Waals surface area contributed by atoms with Crippen molar-refractivity contribution in [1.29, 1.82) is 0 Å². The van der Waals surface area contributed by atoms with Crippen molar-refractivity contribution < 1.29 is 28.0 Å². The van der Waals surface area contributed by atoms with Crippen LogP contribution in [0.15, 0.2) is 35.2 Å². The Hall–Kier alpha value is -1.73. The van der Waals surface area contributed by atoms with Gasteiger partial charge >= 0.3 is 11.9 Å². The van der Waals surface area contributed by atoms with Crippen LogP contribution in [0, 0.1) is 0 Å². The van der Waals surface area contributed by atoms with Gasteiger partial charge in [0.25, 0.3) is 0 Å². The lowest BCUT2D eigenvalue weighted by molar-refractivity contribution is -0.173. The van der Waals surface area contributed by atoms with Crippen LogP contribution < -0.4 is 0 Å². The summed E-state index contributed by atoms with van der Waals surface area (Å²) in [6.07, 6.45) is -0.116. The monoisotopic (exact) mass is 340 g/mol. The summed E-state index contributed by atoms with van der Waals surface area (Å²) in [4.78, 5) is 22.9. The molecule has 0 bridgehead atoms. The summed E-state index contributed by atoms with van der Waals surface area (Å²) in [6, 6.07) is 9.03. The minimum absolute atomic E-state index is 0.0320.